The predicted octanol–water partition coefficient (Wildman–Crippen LogP) is 4.21. The molecule has 1 aliphatic rings. The number of hydrogen-bond donors (Lipinski definition) is 1. The van der Waals surface area contributed by atoms with Gasteiger partial charge < -0.3 is 9.88 Å². The molecule has 4 rings (SSSR count). The van der Waals surface area contributed by atoms with E-state index in [1.54, 1.807) is 10.7 Å². The van der Waals surface area contributed by atoms with Gasteiger partial charge in [-0.15, -0.1) is 0 Å². The number of anilines is 1. The molecule has 33 heavy (non-hydrogen) atoms. The topological polar surface area (TPSA) is 98.9 Å². The van der Waals surface area contributed by atoms with E-state index in [2.05, 4.69) is 28.0 Å². The van der Waals surface area contributed by atoms with Crippen LogP contribution in [0.4, 0.5) is 5.82 Å². The fraction of sp³-hybridized carbons (Fsp3) is 0.522. The molecule has 1 N–H and O–H groups in total. The third-order valence-electron chi connectivity index (χ3n) is 5.87. The van der Waals surface area contributed by atoms with Crippen LogP contribution in [0.25, 0.3) is 11.0 Å². The van der Waals surface area contributed by atoms with E-state index < -0.39 is 9.84 Å². The quantitative estimate of drug-likeness (QED) is 0.338. The van der Waals surface area contributed by atoms with Gasteiger partial charge in [-0.1, -0.05) is 50.1 Å². The van der Waals surface area contributed by atoms with E-state index in [0.29, 0.717) is 12.2 Å². The fourth-order valence-electron chi connectivity index (χ4n) is 4.24. The fourth-order valence-corrected chi connectivity index (χ4v) is 6.77. The maximum Gasteiger partial charge on any atom is 0.235 e. The van der Waals surface area contributed by atoms with Crippen molar-refractivity contribution < 1.29 is 13.2 Å². The third-order valence-corrected chi connectivity index (χ3v) is 8.59. The number of para-hydroxylation sites is 2. The number of aryl methyl sites for hydroxylation is 2. The predicted molar refractivity (Wildman–Crippen MR) is 133 cm³/mol. The van der Waals surface area contributed by atoms with Gasteiger partial charge in [-0.05, 0) is 31.9 Å². The highest BCUT2D eigenvalue weighted by Crippen LogP contribution is 2.28. The lowest BCUT2D eigenvalue weighted by molar-refractivity contribution is -0.113. The number of carbonyl (C=O) groups is 1. The van der Waals surface area contributed by atoms with Crippen LogP contribution in [0.3, 0.4) is 0 Å². The monoisotopic (exact) mass is 489 g/mol. The number of aromatic nitrogens is 4. The van der Waals surface area contributed by atoms with Gasteiger partial charge in [0.15, 0.2) is 15.0 Å². The van der Waals surface area contributed by atoms with Crippen molar-refractivity contribution in [3.8, 4) is 0 Å². The Bertz CT molecular complexity index is 1230. The Balaban J connectivity index is 1.43. The second kappa shape index (κ2) is 10.3. The zero-order chi connectivity index (χ0) is 23.4. The van der Waals surface area contributed by atoms with Gasteiger partial charge in [0.25, 0.3) is 0 Å². The number of thioether (sulfide) groups is 1. The highest BCUT2D eigenvalue weighted by atomic mass is 32.2. The second-order valence-electron chi connectivity index (χ2n) is 8.60. The number of amides is 1. The number of hydrogen-bond acceptors (Lipinski definition) is 6. The summed E-state index contributed by atoms with van der Waals surface area (Å²) in [6, 6.07) is 9.61. The lowest BCUT2D eigenvalue weighted by atomic mass is 10.2. The van der Waals surface area contributed by atoms with E-state index >= 15 is 0 Å². The zero-order valence-electron chi connectivity index (χ0n) is 19.2. The number of nitrogens with one attached hydrogen (secondary N) is 1. The van der Waals surface area contributed by atoms with Crippen LogP contribution in [-0.2, 0) is 21.2 Å². The van der Waals surface area contributed by atoms with Crippen LogP contribution in [-0.4, -0.2) is 50.9 Å². The molecule has 0 saturated carbocycles. The summed E-state index contributed by atoms with van der Waals surface area (Å²) in [5.74, 6) is 0.827. The van der Waals surface area contributed by atoms with Gasteiger partial charge in [-0.3, -0.25) is 4.79 Å². The van der Waals surface area contributed by atoms with E-state index in [1.165, 1.54) is 31.0 Å². The molecule has 1 aliphatic heterocycles. The summed E-state index contributed by atoms with van der Waals surface area (Å²) < 4.78 is 27.6. The third kappa shape index (κ3) is 5.78. The van der Waals surface area contributed by atoms with Crippen LogP contribution in [0.5, 0.6) is 0 Å². The molecule has 10 heteroatoms. The van der Waals surface area contributed by atoms with Crippen molar-refractivity contribution in [3.63, 3.8) is 0 Å². The standard InChI is InChI=1S/C23H31N5O3S2/c1-3-4-5-8-12-27-20-10-7-6-9-19(20)24-23(27)32-15-22(29)25-21-14-17(2)26-28(21)18-11-13-33(30,31)16-18/h6-7,9-10,14,18H,3-5,8,11-13,15-16H2,1-2H3,(H,25,29)/t18-/m1/s1. The van der Waals surface area contributed by atoms with Crippen molar-refractivity contribution in [3.05, 3.63) is 36.0 Å². The summed E-state index contributed by atoms with van der Waals surface area (Å²) >= 11 is 1.42. The van der Waals surface area contributed by atoms with Gasteiger partial charge in [0.05, 0.1) is 40.0 Å². The Morgan fingerprint density at radius 1 is 1.24 bits per heavy atom. The molecule has 178 valence electrons. The number of sulfone groups is 1. The molecule has 1 atom stereocenters. The molecule has 1 saturated heterocycles. The lowest BCUT2D eigenvalue weighted by Crippen LogP contribution is -2.20. The normalized spacial score (nSPS) is 17.6. The van der Waals surface area contributed by atoms with Crippen LogP contribution in [0, 0.1) is 6.92 Å². The summed E-state index contributed by atoms with van der Waals surface area (Å²) in [5, 5.41) is 8.21. The van der Waals surface area contributed by atoms with Crippen LogP contribution in [0.2, 0.25) is 0 Å². The summed E-state index contributed by atoms with van der Waals surface area (Å²) in [4.78, 5) is 17.5. The first-order valence-electron chi connectivity index (χ1n) is 11.5. The number of unbranched alkanes of at least 4 members (excludes halogenated alkanes) is 3. The molecule has 3 aromatic rings. The van der Waals surface area contributed by atoms with E-state index in [-0.39, 0.29) is 29.2 Å². The lowest BCUT2D eigenvalue weighted by Gasteiger charge is -2.14. The highest BCUT2D eigenvalue weighted by Gasteiger charge is 2.31. The summed E-state index contributed by atoms with van der Waals surface area (Å²) in [5.41, 5.74) is 2.77. The Kier molecular flexibility index (Phi) is 7.43. The van der Waals surface area contributed by atoms with Crippen molar-refractivity contribution in [1.29, 1.82) is 0 Å². The van der Waals surface area contributed by atoms with Crippen LogP contribution in [0.1, 0.15) is 50.8 Å². The molecule has 2 aromatic heterocycles. The van der Waals surface area contributed by atoms with Gasteiger partial charge in [-0.25, -0.2) is 18.1 Å². The Hall–Kier alpha value is -2.33. The summed E-state index contributed by atoms with van der Waals surface area (Å²) in [7, 11) is -3.04. The molecule has 0 spiro atoms. The van der Waals surface area contributed by atoms with Gasteiger partial charge in [0.1, 0.15) is 5.82 Å². The number of benzene rings is 1. The van der Waals surface area contributed by atoms with Crippen LogP contribution >= 0.6 is 11.8 Å². The SMILES string of the molecule is CCCCCCn1c(SCC(=O)Nc2cc(C)nn2[C@@H]2CCS(=O)(=O)C2)nc2ccccc21. The number of rotatable bonds is 10. The maximum atomic E-state index is 12.8. The number of carbonyl (C=O) groups excluding carboxylic acids is 1. The minimum atomic E-state index is -3.04. The molecule has 1 fully saturated rings. The minimum absolute atomic E-state index is 0.0633. The van der Waals surface area contributed by atoms with Crippen molar-refractivity contribution >= 4 is 44.4 Å². The Labute approximate surface area is 199 Å². The first-order valence-corrected chi connectivity index (χ1v) is 14.3. The molecule has 1 amide bonds. The average molecular weight is 490 g/mol. The molecule has 3 heterocycles. The zero-order valence-corrected chi connectivity index (χ0v) is 20.8. The van der Waals surface area contributed by atoms with E-state index in [1.807, 2.05) is 25.1 Å². The van der Waals surface area contributed by atoms with Gasteiger partial charge in [-0.2, -0.15) is 5.10 Å². The van der Waals surface area contributed by atoms with Gasteiger partial charge >= 0.3 is 0 Å². The molecule has 0 radical (unpaired) electrons. The van der Waals surface area contributed by atoms with Crippen molar-refractivity contribution in [1.82, 2.24) is 19.3 Å². The van der Waals surface area contributed by atoms with Crippen molar-refractivity contribution in [2.75, 3.05) is 22.6 Å². The van der Waals surface area contributed by atoms with Crippen LogP contribution < -0.4 is 5.32 Å². The van der Waals surface area contributed by atoms with E-state index in [0.717, 1.165) is 34.8 Å². The molecule has 0 unspecified atom stereocenters. The van der Waals surface area contributed by atoms with Crippen molar-refractivity contribution in [2.24, 2.45) is 0 Å². The van der Waals surface area contributed by atoms with Gasteiger partial charge in [0, 0.05) is 12.6 Å². The molecule has 0 aliphatic carbocycles. The smallest absolute Gasteiger partial charge is 0.235 e. The molecule has 8 nitrogen and oxygen atoms in total. The molecular formula is C23H31N5O3S2. The van der Waals surface area contributed by atoms with Crippen LogP contribution in [0.15, 0.2) is 35.5 Å². The number of nitrogens with zero attached hydrogens (tertiary/aromatic N) is 4. The Morgan fingerprint density at radius 3 is 2.82 bits per heavy atom. The molecule has 1 aromatic carbocycles. The molecule has 0 bridgehead atoms. The largest absolute Gasteiger partial charge is 0.319 e. The summed E-state index contributed by atoms with van der Waals surface area (Å²) in [6.07, 6.45) is 5.18. The first-order chi connectivity index (χ1) is 15.9. The van der Waals surface area contributed by atoms with Crippen molar-refractivity contribution in [2.45, 2.75) is 63.7 Å². The first kappa shape index (κ1) is 23.8. The second-order valence-corrected chi connectivity index (χ2v) is 11.8. The average Bonchev–Trinajstić information content (AvgIpc) is 3.44. The molecular weight excluding hydrogens is 458 g/mol. The Morgan fingerprint density at radius 2 is 2.06 bits per heavy atom. The maximum absolute atomic E-state index is 12.8. The van der Waals surface area contributed by atoms with E-state index in [4.69, 9.17) is 4.98 Å². The number of imidazole rings is 1. The highest BCUT2D eigenvalue weighted by molar-refractivity contribution is 7.99. The van der Waals surface area contributed by atoms with Gasteiger partial charge in [0.2, 0.25) is 5.91 Å². The number of fused-ring (bicyclic) bond motifs is 1. The van der Waals surface area contributed by atoms with E-state index in [9.17, 15) is 13.2 Å². The summed E-state index contributed by atoms with van der Waals surface area (Å²) in [6.45, 7) is 4.92. The minimum Gasteiger partial charge on any atom is -0.319 e.